The maximum Gasteiger partial charge on any atom is 0.187 e. The Kier molecular flexibility index (Phi) is 4.87. The van der Waals surface area contributed by atoms with Gasteiger partial charge in [0.05, 0.1) is 0 Å². The van der Waals surface area contributed by atoms with Crippen LogP contribution in [0.4, 0.5) is 0 Å². The van der Waals surface area contributed by atoms with Gasteiger partial charge >= 0.3 is 0 Å². The first kappa shape index (κ1) is 17.6. The minimum atomic E-state index is 0.0516. The Labute approximate surface area is 163 Å². The van der Waals surface area contributed by atoms with Crippen molar-refractivity contribution in [3.8, 4) is 0 Å². The lowest BCUT2D eigenvalue weighted by Gasteiger charge is -2.07. The van der Waals surface area contributed by atoms with E-state index in [0.29, 0.717) is 0 Å². The topological polar surface area (TPSA) is 22.0 Å². The molecule has 0 amide bonds. The highest BCUT2D eigenvalue weighted by molar-refractivity contribution is 8.08. The first-order chi connectivity index (χ1) is 13.2. The van der Waals surface area contributed by atoms with E-state index in [1.54, 1.807) is 17.8 Å². The van der Waals surface area contributed by atoms with Crippen molar-refractivity contribution in [2.24, 2.45) is 7.05 Å². The van der Waals surface area contributed by atoms with E-state index >= 15 is 0 Å². The molecule has 1 heterocycles. The molecular formula is C24H21NOS. The van der Waals surface area contributed by atoms with Gasteiger partial charge in [0.2, 0.25) is 0 Å². The largest absolute Gasteiger partial charge is 0.350 e. The van der Waals surface area contributed by atoms with Crippen LogP contribution in [0, 0.1) is 0 Å². The molecule has 0 bridgehead atoms. The fourth-order valence-electron chi connectivity index (χ4n) is 3.53. The van der Waals surface area contributed by atoms with Crippen molar-refractivity contribution >= 4 is 44.1 Å². The van der Waals surface area contributed by atoms with E-state index in [2.05, 4.69) is 29.8 Å². The summed E-state index contributed by atoms with van der Waals surface area (Å²) in [5, 5.41) is 3.27. The third kappa shape index (κ3) is 3.31. The van der Waals surface area contributed by atoms with E-state index in [-0.39, 0.29) is 5.78 Å². The van der Waals surface area contributed by atoms with Crippen molar-refractivity contribution in [3.63, 3.8) is 0 Å². The van der Waals surface area contributed by atoms with Gasteiger partial charge in [-0.15, -0.1) is 11.8 Å². The van der Waals surface area contributed by atoms with Gasteiger partial charge in [0, 0.05) is 46.3 Å². The second-order valence-corrected chi connectivity index (χ2v) is 7.81. The highest BCUT2D eigenvalue weighted by atomic mass is 32.2. The van der Waals surface area contributed by atoms with E-state index in [0.717, 1.165) is 32.6 Å². The number of hydrogen-bond acceptors (Lipinski definition) is 2. The third-order valence-electron chi connectivity index (χ3n) is 4.78. The van der Waals surface area contributed by atoms with Gasteiger partial charge < -0.3 is 4.57 Å². The second kappa shape index (κ2) is 7.45. The number of carbonyl (C=O) groups excluding carboxylic acids is 1. The number of benzene rings is 3. The maximum atomic E-state index is 13.2. The molecule has 0 N–H and O–H groups in total. The number of para-hydroxylation sites is 1. The van der Waals surface area contributed by atoms with E-state index in [1.165, 1.54) is 10.9 Å². The second-order valence-electron chi connectivity index (χ2n) is 6.50. The lowest BCUT2D eigenvalue weighted by atomic mass is 10.0. The molecule has 0 aliphatic rings. The number of fused-ring (bicyclic) bond motifs is 2. The molecule has 0 saturated carbocycles. The van der Waals surface area contributed by atoms with Crippen LogP contribution < -0.4 is 0 Å². The SMILES string of the molecule is CCSC(=CC(=O)c1cccc2ccccc12)c1cn(C)c2ccccc12. The molecule has 1 aromatic heterocycles. The van der Waals surface area contributed by atoms with Gasteiger partial charge in [-0.2, -0.15) is 0 Å². The van der Waals surface area contributed by atoms with Crippen molar-refractivity contribution in [1.29, 1.82) is 0 Å². The lowest BCUT2D eigenvalue weighted by Crippen LogP contribution is -1.97. The lowest BCUT2D eigenvalue weighted by molar-refractivity contribution is 0.104. The van der Waals surface area contributed by atoms with Crippen LogP contribution in [-0.2, 0) is 7.05 Å². The van der Waals surface area contributed by atoms with Crippen molar-refractivity contribution in [2.45, 2.75) is 6.92 Å². The number of nitrogens with zero attached hydrogens (tertiary/aromatic N) is 1. The number of aryl methyl sites for hydroxylation is 1. The zero-order chi connectivity index (χ0) is 18.8. The molecule has 134 valence electrons. The van der Waals surface area contributed by atoms with Crippen LogP contribution in [0.1, 0.15) is 22.8 Å². The Morgan fingerprint density at radius 1 is 0.926 bits per heavy atom. The van der Waals surface area contributed by atoms with E-state index in [9.17, 15) is 4.79 Å². The Morgan fingerprint density at radius 2 is 1.63 bits per heavy atom. The van der Waals surface area contributed by atoms with Crippen LogP contribution in [0.3, 0.4) is 0 Å². The Bertz CT molecular complexity index is 1160. The minimum Gasteiger partial charge on any atom is -0.350 e. The Hall–Kier alpha value is -2.78. The summed E-state index contributed by atoms with van der Waals surface area (Å²) in [7, 11) is 2.05. The first-order valence-corrected chi connectivity index (χ1v) is 10.1. The van der Waals surface area contributed by atoms with Gasteiger partial charge in [-0.25, -0.2) is 0 Å². The van der Waals surface area contributed by atoms with Gasteiger partial charge in [0.15, 0.2) is 5.78 Å². The third-order valence-corrected chi connectivity index (χ3v) is 5.72. The van der Waals surface area contributed by atoms with E-state index < -0.39 is 0 Å². The molecular weight excluding hydrogens is 350 g/mol. The molecule has 0 fully saturated rings. The van der Waals surface area contributed by atoms with Crippen LogP contribution in [0.5, 0.6) is 0 Å². The number of carbonyl (C=O) groups is 1. The molecule has 0 saturated heterocycles. The standard InChI is InChI=1S/C24H21NOS/c1-3-27-24(21-16-25(2)22-14-7-6-12-19(21)22)15-23(26)20-13-8-10-17-9-4-5-11-18(17)20/h4-16H,3H2,1-2H3. The molecule has 4 aromatic rings. The zero-order valence-electron chi connectivity index (χ0n) is 15.5. The smallest absolute Gasteiger partial charge is 0.187 e. The predicted octanol–water partition coefficient (Wildman–Crippen LogP) is 6.31. The molecule has 27 heavy (non-hydrogen) atoms. The molecule has 0 aliphatic carbocycles. The summed E-state index contributed by atoms with van der Waals surface area (Å²) < 4.78 is 2.12. The molecule has 0 spiro atoms. The fourth-order valence-corrected chi connectivity index (χ4v) is 4.35. The summed E-state index contributed by atoms with van der Waals surface area (Å²) >= 11 is 1.71. The molecule has 0 aliphatic heterocycles. The summed E-state index contributed by atoms with van der Waals surface area (Å²) in [5.74, 6) is 0.966. The van der Waals surface area contributed by atoms with Gasteiger partial charge in [-0.05, 0) is 22.6 Å². The summed E-state index contributed by atoms with van der Waals surface area (Å²) in [6, 6.07) is 22.3. The van der Waals surface area contributed by atoms with E-state index in [1.807, 2.05) is 61.6 Å². The molecule has 0 atom stereocenters. The van der Waals surface area contributed by atoms with Crippen LogP contribution in [-0.4, -0.2) is 16.1 Å². The first-order valence-electron chi connectivity index (χ1n) is 9.10. The number of rotatable bonds is 5. The zero-order valence-corrected chi connectivity index (χ0v) is 16.3. The van der Waals surface area contributed by atoms with Crippen LogP contribution in [0.2, 0.25) is 0 Å². The van der Waals surface area contributed by atoms with Gasteiger partial charge in [-0.1, -0.05) is 67.6 Å². The maximum absolute atomic E-state index is 13.2. The summed E-state index contributed by atoms with van der Waals surface area (Å²) in [5.41, 5.74) is 3.05. The highest BCUT2D eigenvalue weighted by Crippen LogP contribution is 2.34. The average Bonchev–Trinajstić information content (AvgIpc) is 3.04. The number of aromatic nitrogens is 1. The van der Waals surface area contributed by atoms with Crippen molar-refractivity contribution in [2.75, 3.05) is 5.75 Å². The Morgan fingerprint density at radius 3 is 2.44 bits per heavy atom. The highest BCUT2D eigenvalue weighted by Gasteiger charge is 2.14. The van der Waals surface area contributed by atoms with Gasteiger partial charge in [-0.3, -0.25) is 4.79 Å². The number of thioether (sulfide) groups is 1. The summed E-state index contributed by atoms with van der Waals surface area (Å²) in [6.07, 6.45) is 3.92. The van der Waals surface area contributed by atoms with E-state index in [4.69, 9.17) is 0 Å². The fraction of sp³-hybridized carbons (Fsp3) is 0.125. The number of ketones is 1. The predicted molar refractivity (Wildman–Crippen MR) is 117 cm³/mol. The number of allylic oxidation sites excluding steroid dienone is 1. The normalized spacial score (nSPS) is 12.0. The molecule has 0 unspecified atom stereocenters. The van der Waals surface area contributed by atoms with Gasteiger partial charge in [0.1, 0.15) is 0 Å². The van der Waals surface area contributed by atoms with Crippen LogP contribution in [0.25, 0.3) is 26.6 Å². The molecule has 3 heteroatoms. The number of hydrogen-bond donors (Lipinski definition) is 0. The minimum absolute atomic E-state index is 0.0516. The van der Waals surface area contributed by atoms with Crippen LogP contribution >= 0.6 is 11.8 Å². The van der Waals surface area contributed by atoms with Crippen molar-refractivity contribution < 1.29 is 4.79 Å². The van der Waals surface area contributed by atoms with Crippen molar-refractivity contribution in [1.82, 2.24) is 4.57 Å². The molecule has 4 rings (SSSR count). The van der Waals surface area contributed by atoms with Gasteiger partial charge in [0.25, 0.3) is 0 Å². The Balaban J connectivity index is 1.84. The van der Waals surface area contributed by atoms with Crippen molar-refractivity contribution in [3.05, 3.63) is 90.1 Å². The van der Waals surface area contributed by atoms with Crippen LogP contribution in [0.15, 0.2) is 79.0 Å². The summed E-state index contributed by atoms with van der Waals surface area (Å²) in [6.45, 7) is 2.12. The average molecular weight is 372 g/mol. The molecule has 3 aromatic carbocycles. The summed E-state index contributed by atoms with van der Waals surface area (Å²) in [4.78, 5) is 14.2. The molecule has 0 radical (unpaired) electrons. The quantitative estimate of drug-likeness (QED) is 0.303. The molecule has 2 nitrogen and oxygen atoms in total. The monoisotopic (exact) mass is 371 g/mol.